The Kier molecular flexibility index (Phi) is 9.49. The third-order valence-electron chi connectivity index (χ3n) is 7.57. The molecule has 5 rings (SSSR count). The summed E-state index contributed by atoms with van der Waals surface area (Å²) >= 11 is 0. The van der Waals surface area contributed by atoms with Crippen LogP contribution < -0.4 is 16.0 Å². The first-order valence-corrected chi connectivity index (χ1v) is 14.6. The van der Waals surface area contributed by atoms with Gasteiger partial charge in [-0.25, -0.2) is 14.8 Å². The van der Waals surface area contributed by atoms with E-state index in [-0.39, 0.29) is 17.7 Å². The molecule has 3 amide bonds. The van der Waals surface area contributed by atoms with Crippen molar-refractivity contribution < 1.29 is 19.1 Å². The monoisotopic (exact) mass is 592 g/mol. The maximum absolute atomic E-state index is 13.3. The standard InChI is InChI=1S/C34H36N6O4/c1-22(2)30(39-34(43)44-3)33(42)40-19-7-10-29(40)32(41)38-26-16-13-23(14-17-26)11-12-24-15-18-28-27(20-24)31(36-21-35-28)37-25-8-5-4-6-9-25/h4-6,8-9,11-18,20-22,29-30H,7,10,19H2,1-3H3,(H,38,41)(H,39,43)(H,35,36,37)/b12-11+/t29-,30-/m0/s1. The lowest BCUT2D eigenvalue weighted by Gasteiger charge is -2.30. The number of methoxy groups -OCH3 is 1. The lowest BCUT2D eigenvalue weighted by molar-refractivity contribution is -0.139. The van der Waals surface area contributed by atoms with Gasteiger partial charge in [-0.1, -0.05) is 62.4 Å². The second-order valence-electron chi connectivity index (χ2n) is 11.0. The molecule has 0 saturated carbocycles. The minimum atomic E-state index is -0.774. The van der Waals surface area contributed by atoms with Gasteiger partial charge in [0, 0.05) is 23.3 Å². The number of nitrogens with one attached hydrogen (secondary N) is 3. The molecule has 3 aromatic carbocycles. The summed E-state index contributed by atoms with van der Waals surface area (Å²) in [6.45, 7) is 4.14. The highest BCUT2D eigenvalue weighted by molar-refractivity contribution is 5.99. The highest BCUT2D eigenvalue weighted by Crippen LogP contribution is 2.26. The normalized spacial score (nSPS) is 15.4. The van der Waals surface area contributed by atoms with Crippen LogP contribution in [0.5, 0.6) is 0 Å². The summed E-state index contributed by atoms with van der Waals surface area (Å²) in [5.74, 6) is 0.0331. The highest BCUT2D eigenvalue weighted by atomic mass is 16.5. The maximum Gasteiger partial charge on any atom is 0.407 e. The molecule has 1 saturated heterocycles. The Balaban J connectivity index is 1.23. The van der Waals surface area contributed by atoms with Crippen molar-refractivity contribution in [2.75, 3.05) is 24.3 Å². The molecule has 2 heterocycles. The fourth-order valence-electron chi connectivity index (χ4n) is 5.21. The van der Waals surface area contributed by atoms with Crippen LogP contribution in [0.4, 0.5) is 22.0 Å². The van der Waals surface area contributed by atoms with Crippen LogP contribution in [0.25, 0.3) is 23.1 Å². The van der Waals surface area contributed by atoms with E-state index in [2.05, 4.69) is 30.7 Å². The number of likely N-dealkylation sites (tertiary alicyclic amines) is 1. The van der Waals surface area contributed by atoms with E-state index in [1.807, 2.05) is 98.8 Å². The molecule has 0 spiro atoms. The minimum absolute atomic E-state index is 0.164. The molecular weight excluding hydrogens is 556 g/mol. The Morgan fingerprint density at radius 3 is 2.39 bits per heavy atom. The smallest absolute Gasteiger partial charge is 0.407 e. The first kappa shape index (κ1) is 30.2. The van der Waals surface area contributed by atoms with Crippen molar-refractivity contribution in [1.82, 2.24) is 20.2 Å². The molecule has 0 radical (unpaired) electrons. The van der Waals surface area contributed by atoms with E-state index in [4.69, 9.17) is 0 Å². The van der Waals surface area contributed by atoms with Crippen LogP contribution in [0.15, 0.2) is 79.1 Å². The van der Waals surface area contributed by atoms with E-state index in [0.717, 1.165) is 33.5 Å². The zero-order valence-corrected chi connectivity index (χ0v) is 25.0. The number of hydrogen-bond donors (Lipinski definition) is 3. The number of para-hydroxylation sites is 1. The molecule has 10 nitrogen and oxygen atoms in total. The van der Waals surface area contributed by atoms with Crippen molar-refractivity contribution in [2.24, 2.45) is 5.92 Å². The van der Waals surface area contributed by atoms with Gasteiger partial charge in [0.2, 0.25) is 11.8 Å². The van der Waals surface area contributed by atoms with Gasteiger partial charge in [0.15, 0.2) is 0 Å². The lowest BCUT2D eigenvalue weighted by atomic mass is 10.0. The SMILES string of the molecule is COC(=O)N[C@H](C(=O)N1CCC[C@H]1C(=O)Nc1ccc(/C=C/c2ccc3ncnc(Nc4ccccc4)c3c2)cc1)C(C)C. The van der Waals surface area contributed by atoms with Gasteiger partial charge in [0.25, 0.3) is 0 Å². The van der Waals surface area contributed by atoms with Gasteiger partial charge in [0.1, 0.15) is 24.2 Å². The fourth-order valence-corrected chi connectivity index (χ4v) is 5.21. The van der Waals surface area contributed by atoms with E-state index in [1.54, 1.807) is 11.2 Å². The number of nitrogens with zero attached hydrogens (tertiary/aromatic N) is 3. The van der Waals surface area contributed by atoms with Gasteiger partial charge in [0.05, 0.1) is 12.6 Å². The minimum Gasteiger partial charge on any atom is -0.453 e. The van der Waals surface area contributed by atoms with E-state index >= 15 is 0 Å². The molecule has 10 heteroatoms. The summed E-state index contributed by atoms with van der Waals surface area (Å²) in [6, 6.07) is 22.0. The zero-order valence-electron chi connectivity index (χ0n) is 25.0. The van der Waals surface area contributed by atoms with Gasteiger partial charge in [-0.15, -0.1) is 0 Å². The molecule has 3 N–H and O–H groups in total. The van der Waals surface area contributed by atoms with Crippen LogP contribution in [0.3, 0.4) is 0 Å². The molecule has 4 aromatic rings. The number of aromatic nitrogens is 2. The van der Waals surface area contributed by atoms with Crippen molar-refractivity contribution >= 4 is 58.2 Å². The number of anilines is 3. The molecule has 44 heavy (non-hydrogen) atoms. The molecular formula is C34H36N6O4. The van der Waals surface area contributed by atoms with Crippen LogP contribution in [0.2, 0.25) is 0 Å². The summed E-state index contributed by atoms with van der Waals surface area (Å²) in [6.07, 6.45) is 6.16. The van der Waals surface area contributed by atoms with Crippen molar-refractivity contribution in [2.45, 2.75) is 38.8 Å². The number of fused-ring (bicyclic) bond motifs is 1. The van der Waals surface area contributed by atoms with Crippen LogP contribution in [-0.4, -0.2) is 58.5 Å². The fraction of sp³-hybridized carbons (Fsp3) is 0.265. The molecule has 0 unspecified atom stereocenters. The third kappa shape index (κ3) is 7.20. The zero-order chi connectivity index (χ0) is 31.1. The number of alkyl carbamates (subject to hydrolysis) is 1. The number of hydrogen-bond acceptors (Lipinski definition) is 7. The Bertz CT molecular complexity index is 1660. The molecule has 1 aliphatic heterocycles. The van der Waals surface area contributed by atoms with Crippen molar-refractivity contribution in [3.63, 3.8) is 0 Å². The van der Waals surface area contributed by atoms with Gasteiger partial charge in [-0.2, -0.15) is 0 Å². The molecule has 226 valence electrons. The van der Waals surface area contributed by atoms with Gasteiger partial charge < -0.3 is 25.6 Å². The van der Waals surface area contributed by atoms with E-state index in [0.29, 0.717) is 25.1 Å². The summed E-state index contributed by atoms with van der Waals surface area (Å²) in [4.78, 5) is 48.7. The van der Waals surface area contributed by atoms with Gasteiger partial charge in [-0.3, -0.25) is 9.59 Å². The number of carbonyl (C=O) groups excluding carboxylic acids is 3. The predicted octanol–water partition coefficient (Wildman–Crippen LogP) is 5.85. The largest absolute Gasteiger partial charge is 0.453 e. The molecule has 1 aliphatic rings. The van der Waals surface area contributed by atoms with Crippen LogP contribution >= 0.6 is 0 Å². The van der Waals surface area contributed by atoms with Crippen molar-refractivity contribution in [3.8, 4) is 0 Å². The second kappa shape index (κ2) is 13.8. The molecule has 2 atom stereocenters. The van der Waals surface area contributed by atoms with E-state index in [9.17, 15) is 14.4 Å². The highest BCUT2D eigenvalue weighted by Gasteiger charge is 2.38. The average Bonchev–Trinajstić information content (AvgIpc) is 3.54. The Morgan fingerprint density at radius 1 is 0.932 bits per heavy atom. The lowest BCUT2D eigenvalue weighted by Crippen LogP contribution is -2.54. The maximum atomic E-state index is 13.3. The number of rotatable bonds is 9. The summed E-state index contributed by atoms with van der Waals surface area (Å²) in [5.41, 5.74) is 4.38. The van der Waals surface area contributed by atoms with E-state index in [1.165, 1.54) is 7.11 Å². The summed E-state index contributed by atoms with van der Waals surface area (Å²) in [5, 5.41) is 9.83. The summed E-state index contributed by atoms with van der Waals surface area (Å²) in [7, 11) is 1.25. The quantitative estimate of drug-likeness (QED) is 0.208. The van der Waals surface area contributed by atoms with Crippen molar-refractivity contribution in [1.29, 1.82) is 0 Å². The molecule has 1 aromatic heterocycles. The summed E-state index contributed by atoms with van der Waals surface area (Å²) < 4.78 is 4.68. The molecule has 1 fully saturated rings. The number of carbonyl (C=O) groups is 3. The average molecular weight is 593 g/mol. The van der Waals surface area contributed by atoms with Gasteiger partial charge in [-0.05, 0) is 66.3 Å². The molecule has 0 bridgehead atoms. The predicted molar refractivity (Wildman–Crippen MR) is 172 cm³/mol. The van der Waals surface area contributed by atoms with Crippen molar-refractivity contribution in [3.05, 3.63) is 90.3 Å². The Morgan fingerprint density at radius 2 is 1.66 bits per heavy atom. The first-order valence-electron chi connectivity index (χ1n) is 14.6. The number of benzene rings is 3. The van der Waals surface area contributed by atoms with Crippen LogP contribution in [0, 0.1) is 5.92 Å². The Labute approximate surface area is 256 Å². The number of amides is 3. The molecule has 0 aliphatic carbocycles. The third-order valence-corrected chi connectivity index (χ3v) is 7.57. The topological polar surface area (TPSA) is 126 Å². The number of ether oxygens (including phenoxy) is 1. The van der Waals surface area contributed by atoms with E-state index < -0.39 is 18.2 Å². The van der Waals surface area contributed by atoms with Crippen LogP contribution in [0.1, 0.15) is 37.8 Å². The first-order chi connectivity index (χ1) is 21.3. The second-order valence-corrected chi connectivity index (χ2v) is 11.0. The Hall–Kier alpha value is -5.25. The van der Waals surface area contributed by atoms with Gasteiger partial charge >= 0.3 is 6.09 Å². The van der Waals surface area contributed by atoms with Crippen LogP contribution in [-0.2, 0) is 14.3 Å².